The third-order valence-electron chi connectivity index (χ3n) is 4.04. The monoisotopic (exact) mass is 366 g/mol. The summed E-state index contributed by atoms with van der Waals surface area (Å²) in [7, 11) is 1.82. The number of carbonyl (C=O) groups excluding carboxylic acids is 1. The summed E-state index contributed by atoms with van der Waals surface area (Å²) in [4.78, 5) is 19.0. The molecule has 0 radical (unpaired) electrons. The van der Waals surface area contributed by atoms with Crippen LogP contribution in [-0.2, 0) is 11.3 Å². The lowest BCUT2D eigenvalue weighted by Crippen LogP contribution is -2.33. The predicted octanol–water partition coefficient (Wildman–Crippen LogP) is 3.40. The highest BCUT2D eigenvalue weighted by molar-refractivity contribution is 8.00. The smallest absolute Gasteiger partial charge is 0.235 e. The highest BCUT2D eigenvalue weighted by atomic mass is 32.2. The number of hydrogen-bond donors (Lipinski definition) is 1. The van der Waals surface area contributed by atoms with Crippen LogP contribution in [0.2, 0.25) is 0 Å². The van der Waals surface area contributed by atoms with Gasteiger partial charge in [0.05, 0.1) is 17.1 Å². The fourth-order valence-corrected chi connectivity index (χ4v) is 3.59. The number of aromatic nitrogens is 2. The standard InChI is InChI=1S/C20H22N4OS/c1-15(19(25)23(2)13-16-9-5-3-6-10-16)26-20-22-18(14-24(20)21)17-11-7-4-8-12-17/h3-12,14-15H,13,21H2,1-2H3/t15-/m1/s1. The fraction of sp³-hybridized carbons (Fsp3) is 0.200. The maximum atomic E-state index is 12.7. The van der Waals surface area contributed by atoms with Gasteiger partial charge in [0, 0.05) is 19.2 Å². The molecule has 0 bridgehead atoms. The number of benzene rings is 2. The van der Waals surface area contributed by atoms with Crippen LogP contribution < -0.4 is 5.84 Å². The Bertz CT molecular complexity index is 864. The minimum Gasteiger partial charge on any atom is -0.340 e. The van der Waals surface area contributed by atoms with Crippen molar-refractivity contribution in [3.05, 3.63) is 72.4 Å². The first-order valence-electron chi connectivity index (χ1n) is 8.40. The summed E-state index contributed by atoms with van der Waals surface area (Å²) >= 11 is 1.37. The summed E-state index contributed by atoms with van der Waals surface area (Å²) in [6, 6.07) is 19.8. The van der Waals surface area contributed by atoms with E-state index in [1.807, 2.05) is 74.6 Å². The molecule has 2 N–H and O–H groups in total. The lowest BCUT2D eigenvalue weighted by molar-refractivity contribution is -0.129. The zero-order chi connectivity index (χ0) is 18.5. The van der Waals surface area contributed by atoms with Crippen molar-refractivity contribution in [1.29, 1.82) is 0 Å². The summed E-state index contributed by atoms with van der Waals surface area (Å²) in [6.45, 7) is 2.46. The van der Waals surface area contributed by atoms with E-state index in [4.69, 9.17) is 5.84 Å². The summed E-state index contributed by atoms with van der Waals surface area (Å²) < 4.78 is 1.48. The van der Waals surface area contributed by atoms with Gasteiger partial charge in [-0.25, -0.2) is 9.66 Å². The van der Waals surface area contributed by atoms with Gasteiger partial charge in [0.25, 0.3) is 0 Å². The number of rotatable bonds is 6. The van der Waals surface area contributed by atoms with Crippen molar-refractivity contribution in [2.75, 3.05) is 12.9 Å². The normalized spacial score (nSPS) is 11.9. The van der Waals surface area contributed by atoms with Crippen molar-refractivity contribution in [1.82, 2.24) is 14.6 Å². The van der Waals surface area contributed by atoms with E-state index < -0.39 is 0 Å². The van der Waals surface area contributed by atoms with Gasteiger partial charge in [0.1, 0.15) is 0 Å². The third-order valence-corrected chi connectivity index (χ3v) is 5.10. The Morgan fingerprint density at radius 3 is 2.42 bits per heavy atom. The number of hydrogen-bond acceptors (Lipinski definition) is 4. The molecule has 0 aliphatic heterocycles. The van der Waals surface area contributed by atoms with Crippen molar-refractivity contribution in [3.8, 4) is 11.3 Å². The van der Waals surface area contributed by atoms with Gasteiger partial charge < -0.3 is 10.7 Å². The molecule has 1 heterocycles. The van der Waals surface area contributed by atoms with E-state index in [1.54, 1.807) is 11.1 Å². The third kappa shape index (κ3) is 4.26. The zero-order valence-electron chi connectivity index (χ0n) is 14.9. The fourth-order valence-electron chi connectivity index (χ4n) is 2.67. The molecule has 3 aromatic rings. The van der Waals surface area contributed by atoms with Crippen LogP contribution in [-0.4, -0.2) is 32.8 Å². The number of nitrogen functional groups attached to an aromatic ring is 1. The van der Waals surface area contributed by atoms with Crippen LogP contribution >= 0.6 is 11.8 Å². The summed E-state index contributed by atoms with van der Waals surface area (Å²) in [6.07, 6.45) is 1.78. The molecule has 0 aliphatic rings. The van der Waals surface area contributed by atoms with E-state index in [0.717, 1.165) is 16.8 Å². The summed E-state index contributed by atoms with van der Waals surface area (Å²) in [5.74, 6) is 6.08. The quantitative estimate of drug-likeness (QED) is 0.536. The molecule has 0 saturated carbocycles. The first-order chi connectivity index (χ1) is 12.5. The predicted molar refractivity (Wildman–Crippen MR) is 106 cm³/mol. The molecule has 134 valence electrons. The number of carbonyl (C=O) groups is 1. The molecule has 1 amide bonds. The molecule has 0 fully saturated rings. The van der Waals surface area contributed by atoms with Gasteiger partial charge in [0.2, 0.25) is 5.91 Å². The van der Waals surface area contributed by atoms with E-state index in [9.17, 15) is 4.79 Å². The maximum absolute atomic E-state index is 12.7. The lowest BCUT2D eigenvalue weighted by Gasteiger charge is -2.21. The molecule has 0 aliphatic carbocycles. The Morgan fingerprint density at radius 2 is 1.77 bits per heavy atom. The lowest BCUT2D eigenvalue weighted by atomic mass is 10.2. The van der Waals surface area contributed by atoms with Crippen LogP contribution in [0.3, 0.4) is 0 Å². The van der Waals surface area contributed by atoms with Gasteiger partial charge >= 0.3 is 0 Å². The minimum atomic E-state index is -0.281. The van der Waals surface area contributed by atoms with E-state index >= 15 is 0 Å². The van der Waals surface area contributed by atoms with Crippen molar-refractivity contribution in [2.24, 2.45) is 0 Å². The molecule has 0 spiro atoms. The Balaban J connectivity index is 1.66. The molecule has 0 saturated heterocycles. The highest BCUT2D eigenvalue weighted by Gasteiger charge is 2.21. The van der Waals surface area contributed by atoms with Crippen molar-refractivity contribution in [3.63, 3.8) is 0 Å². The van der Waals surface area contributed by atoms with Gasteiger partial charge in [-0.05, 0) is 12.5 Å². The molecular formula is C20H22N4OS. The van der Waals surface area contributed by atoms with Gasteiger partial charge in [-0.1, -0.05) is 72.4 Å². The average molecular weight is 366 g/mol. The number of nitrogens with zero attached hydrogens (tertiary/aromatic N) is 3. The summed E-state index contributed by atoms with van der Waals surface area (Å²) in [5.41, 5.74) is 2.90. The van der Waals surface area contributed by atoms with Crippen LogP contribution in [0, 0.1) is 0 Å². The second-order valence-corrected chi connectivity index (χ2v) is 7.43. The maximum Gasteiger partial charge on any atom is 0.235 e. The molecule has 0 unspecified atom stereocenters. The Kier molecular flexibility index (Phi) is 5.63. The molecular weight excluding hydrogens is 344 g/mol. The van der Waals surface area contributed by atoms with E-state index in [2.05, 4.69) is 4.98 Å². The topological polar surface area (TPSA) is 64.2 Å². The zero-order valence-corrected chi connectivity index (χ0v) is 15.7. The number of nitrogens with two attached hydrogens (primary N) is 1. The molecule has 3 rings (SSSR count). The Labute approximate surface area is 157 Å². The largest absolute Gasteiger partial charge is 0.340 e. The van der Waals surface area contributed by atoms with Gasteiger partial charge in [-0.3, -0.25) is 4.79 Å². The second kappa shape index (κ2) is 8.10. The van der Waals surface area contributed by atoms with Crippen LogP contribution in [0.4, 0.5) is 0 Å². The number of thioether (sulfide) groups is 1. The highest BCUT2D eigenvalue weighted by Crippen LogP contribution is 2.26. The van der Waals surface area contributed by atoms with Crippen molar-refractivity contribution in [2.45, 2.75) is 23.9 Å². The van der Waals surface area contributed by atoms with Crippen molar-refractivity contribution < 1.29 is 4.79 Å². The first-order valence-corrected chi connectivity index (χ1v) is 9.28. The van der Waals surface area contributed by atoms with Gasteiger partial charge in [0.15, 0.2) is 5.16 Å². The van der Waals surface area contributed by atoms with E-state index in [-0.39, 0.29) is 11.2 Å². The van der Waals surface area contributed by atoms with Crippen LogP contribution in [0.15, 0.2) is 72.0 Å². The summed E-state index contributed by atoms with van der Waals surface area (Å²) in [5, 5.41) is 0.342. The van der Waals surface area contributed by atoms with Crippen LogP contribution in [0.5, 0.6) is 0 Å². The number of imidazole rings is 1. The molecule has 1 atom stereocenters. The van der Waals surface area contributed by atoms with E-state index in [0.29, 0.717) is 11.7 Å². The molecule has 5 nitrogen and oxygen atoms in total. The van der Waals surface area contributed by atoms with Gasteiger partial charge in [-0.2, -0.15) is 0 Å². The molecule has 2 aromatic carbocycles. The average Bonchev–Trinajstić information content (AvgIpc) is 3.03. The molecule has 26 heavy (non-hydrogen) atoms. The van der Waals surface area contributed by atoms with E-state index in [1.165, 1.54) is 16.4 Å². The van der Waals surface area contributed by atoms with Crippen molar-refractivity contribution >= 4 is 17.7 Å². The molecule has 6 heteroatoms. The molecule has 1 aromatic heterocycles. The Morgan fingerprint density at radius 1 is 1.15 bits per heavy atom. The second-order valence-electron chi connectivity index (χ2n) is 6.12. The number of amides is 1. The van der Waals surface area contributed by atoms with Crippen LogP contribution in [0.25, 0.3) is 11.3 Å². The Hall–Kier alpha value is -2.73. The van der Waals surface area contributed by atoms with Crippen LogP contribution in [0.1, 0.15) is 12.5 Å². The minimum absolute atomic E-state index is 0.0446. The SMILES string of the molecule is C[C@@H](Sc1nc(-c2ccccc2)cn1N)C(=O)N(C)Cc1ccccc1. The first kappa shape index (κ1) is 18.1. The van der Waals surface area contributed by atoms with Gasteiger partial charge in [-0.15, -0.1) is 0 Å².